The summed E-state index contributed by atoms with van der Waals surface area (Å²) in [4.78, 5) is 7.87. The molecule has 3 heteroatoms. The van der Waals surface area contributed by atoms with Crippen molar-refractivity contribution in [2.45, 2.75) is 19.8 Å². The average Bonchev–Trinajstić information content (AvgIpc) is 2.73. The Labute approximate surface area is 99.1 Å². The van der Waals surface area contributed by atoms with E-state index < -0.39 is 0 Å². The van der Waals surface area contributed by atoms with E-state index in [1.54, 1.807) is 6.07 Å². The summed E-state index contributed by atoms with van der Waals surface area (Å²) in [6.07, 6.45) is 0. The van der Waals surface area contributed by atoms with Gasteiger partial charge in [-0.3, -0.25) is 0 Å². The minimum absolute atomic E-state index is 0.298. The van der Waals surface area contributed by atoms with E-state index in [-0.39, 0.29) is 0 Å². The van der Waals surface area contributed by atoms with Crippen LogP contribution < -0.4 is 0 Å². The summed E-state index contributed by atoms with van der Waals surface area (Å²) >= 11 is 0. The van der Waals surface area contributed by atoms with E-state index in [1.165, 1.54) is 0 Å². The molecule has 0 aliphatic rings. The van der Waals surface area contributed by atoms with Gasteiger partial charge in [-0.25, -0.2) is 4.98 Å². The number of phenolic OH excluding ortho intramolecular Hbond substituents is 1. The molecule has 0 fully saturated rings. The SMILES string of the molecule is CC(C)c1nc2c(cc(O)c3ccccc32)[nH]1. The normalized spacial score (nSPS) is 11.7. The molecule has 17 heavy (non-hydrogen) atoms. The molecule has 1 aromatic heterocycles. The van der Waals surface area contributed by atoms with Gasteiger partial charge in [0.05, 0.1) is 11.0 Å². The summed E-state index contributed by atoms with van der Waals surface area (Å²) < 4.78 is 0. The molecule has 0 unspecified atom stereocenters. The van der Waals surface area contributed by atoms with Crippen LogP contribution in [0.4, 0.5) is 0 Å². The Morgan fingerprint density at radius 1 is 1.18 bits per heavy atom. The lowest BCUT2D eigenvalue weighted by atomic mass is 10.1. The van der Waals surface area contributed by atoms with Crippen LogP contribution in [0, 0.1) is 0 Å². The lowest BCUT2D eigenvalue weighted by molar-refractivity contribution is 0.482. The second-order valence-electron chi connectivity index (χ2n) is 4.61. The van der Waals surface area contributed by atoms with Gasteiger partial charge in [0.25, 0.3) is 0 Å². The van der Waals surface area contributed by atoms with Crippen molar-refractivity contribution in [3.8, 4) is 5.75 Å². The quantitative estimate of drug-likeness (QED) is 0.666. The van der Waals surface area contributed by atoms with Crippen LogP contribution >= 0.6 is 0 Å². The smallest absolute Gasteiger partial charge is 0.125 e. The molecule has 2 aromatic carbocycles. The summed E-state index contributed by atoms with van der Waals surface area (Å²) in [6.45, 7) is 4.19. The van der Waals surface area contributed by atoms with E-state index in [9.17, 15) is 5.11 Å². The number of aromatic hydroxyl groups is 1. The van der Waals surface area contributed by atoms with Crippen LogP contribution in [-0.2, 0) is 0 Å². The van der Waals surface area contributed by atoms with Gasteiger partial charge in [0.2, 0.25) is 0 Å². The predicted molar refractivity (Wildman–Crippen MR) is 69.4 cm³/mol. The summed E-state index contributed by atoms with van der Waals surface area (Å²) in [6, 6.07) is 9.53. The van der Waals surface area contributed by atoms with Gasteiger partial charge in [0.1, 0.15) is 11.6 Å². The van der Waals surface area contributed by atoms with Crippen molar-refractivity contribution in [1.82, 2.24) is 9.97 Å². The fourth-order valence-corrected chi connectivity index (χ4v) is 2.12. The van der Waals surface area contributed by atoms with Crippen molar-refractivity contribution in [2.24, 2.45) is 0 Å². The number of fused-ring (bicyclic) bond motifs is 3. The first kappa shape index (κ1) is 10.1. The summed E-state index contributed by atoms with van der Waals surface area (Å²) in [7, 11) is 0. The monoisotopic (exact) mass is 226 g/mol. The number of hydrogen-bond acceptors (Lipinski definition) is 2. The number of rotatable bonds is 1. The molecule has 1 heterocycles. The minimum Gasteiger partial charge on any atom is -0.507 e. The molecular weight excluding hydrogens is 212 g/mol. The number of nitrogens with zero attached hydrogens (tertiary/aromatic N) is 1. The van der Waals surface area contributed by atoms with E-state index >= 15 is 0 Å². The van der Waals surface area contributed by atoms with Crippen LogP contribution in [-0.4, -0.2) is 15.1 Å². The van der Waals surface area contributed by atoms with E-state index in [0.29, 0.717) is 11.7 Å². The van der Waals surface area contributed by atoms with Crippen LogP contribution in [0.15, 0.2) is 30.3 Å². The largest absolute Gasteiger partial charge is 0.507 e. The number of phenols is 1. The molecule has 3 rings (SSSR count). The number of H-pyrrole nitrogens is 1. The fourth-order valence-electron chi connectivity index (χ4n) is 2.12. The van der Waals surface area contributed by atoms with E-state index in [2.05, 4.69) is 23.8 Å². The van der Waals surface area contributed by atoms with Gasteiger partial charge in [0.15, 0.2) is 0 Å². The lowest BCUT2D eigenvalue weighted by Crippen LogP contribution is -1.88. The molecule has 0 amide bonds. The average molecular weight is 226 g/mol. The number of benzene rings is 2. The lowest BCUT2D eigenvalue weighted by Gasteiger charge is -2.00. The Kier molecular flexibility index (Phi) is 2.08. The number of hydrogen-bond donors (Lipinski definition) is 2. The van der Waals surface area contributed by atoms with Gasteiger partial charge in [-0.05, 0) is 0 Å². The third-order valence-corrected chi connectivity index (χ3v) is 3.04. The van der Waals surface area contributed by atoms with Gasteiger partial charge in [-0.2, -0.15) is 0 Å². The second-order valence-corrected chi connectivity index (χ2v) is 4.61. The summed E-state index contributed by atoms with van der Waals surface area (Å²) in [5.74, 6) is 1.60. The summed E-state index contributed by atoms with van der Waals surface area (Å²) in [5, 5.41) is 11.8. The zero-order valence-corrected chi connectivity index (χ0v) is 9.86. The summed E-state index contributed by atoms with van der Waals surface area (Å²) in [5.41, 5.74) is 1.83. The maximum Gasteiger partial charge on any atom is 0.125 e. The highest BCUT2D eigenvalue weighted by Crippen LogP contribution is 2.32. The molecule has 3 nitrogen and oxygen atoms in total. The Bertz CT molecular complexity index is 698. The zero-order chi connectivity index (χ0) is 12.0. The molecule has 0 radical (unpaired) electrons. The van der Waals surface area contributed by atoms with E-state index in [0.717, 1.165) is 27.6 Å². The van der Waals surface area contributed by atoms with E-state index in [1.807, 2.05) is 24.3 Å². The second kappa shape index (κ2) is 3.48. The molecule has 0 aliphatic heterocycles. The predicted octanol–water partition coefficient (Wildman–Crippen LogP) is 3.55. The van der Waals surface area contributed by atoms with Crippen molar-refractivity contribution < 1.29 is 5.11 Å². The topological polar surface area (TPSA) is 48.9 Å². The highest BCUT2D eigenvalue weighted by molar-refractivity contribution is 6.07. The first-order valence-electron chi connectivity index (χ1n) is 5.77. The highest BCUT2D eigenvalue weighted by Gasteiger charge is 2.11. The first-order valence-corrected chi connectivity index (χ1v) is 5.77. The Morgan fingerprint density at radius 2 is 1.88 bits per heavy atom. The van der Waals surface area contributed by atoms with Gasteiger partial charge in [-0.1, -0.05) is 38.1 Å². The Balaban J connectivity index is 2.46. The van der Waals surface area contributed by atoms with Crippen molar-refractivity contribution in [3.05, 3.63) is 36.2 Å². The van der Waals surface area contributed by atoms with Gasteiger partial charge in [0, 0.05) is 22.8 Å². The first-order chi connectivity index (χ1) is 8.16. The van der Waals surface area contributed by atoms with Gasteiger partial charge < -0.3 is 10.1 Å². The molecule has 2 N–H and O–H groups in total. The fraction of sp³-hybridized carbons (Fsp3) is 0.214. The highest BCUT2D eigenvalue weighted by atomic mass is 16.3. The number of imidazole rings is 1. The minimum atomic E-state index is 0.298. The van der Waals surface area contributed by atoms with Crippen LogP contribution in [0.5, 0.6) is 5.75 Å². The van der Waals surface area contributed by atoms with E-state index in [4.69, 9.17) is 0 Å². The third kappa shape index (κ3) is 1.46. The molecule has 0 bridgehead atoms. The van der Waals surface area contributed by atoms with Crippen LogP contribution in [0.1, 0.15) is 25.6 Å². The molecule has 0 saturated heterocycles. The van der Waals surface area contributed by atoms with Gasteiger partial charge in [-0.15, -0.1) is 0 Å². The molecule has 0 aliphatic carbocycles. The van der Waals surface area contributed by atoms with Crippen molar-refractivity contribution in [2.75, 3.05) is 0 Å². The van der Waals surface area contributed by atoms with Crippen LogP contribution in [0.2, 0.25) is 0 Å². The molecule has 86 valence electrons. The Hall–Kier alpha value is -2.03. The molecule has 3 aromatic rings. The third-order valence-electron chi connectivity index (χ3n) is 3.04. The van der Waals surface area contributed by atoms with Crippen molar-refractivity contribution in [1.29, 1.82) is 0 Å². The maximum absolute atomic E-state index is 9.97. The molecular formula is C14H14N2O. The zero-order valence-electron chi connectivity index (χ0n) is 9.86. The molecule has 0 atom stereocenters. The van der Waals surface area contributed by atoms with Crippen molar-refractivity contribution >= 4 is 21.8 Å². The number of aromatic amines is 1. The molecule has 0 spiro atoms. The Morgan fingerprint density at radius 3 is 2.59 bits per heavy atom. The number of nitrogens with one attached hydrogen (secondary N) is 1. The maximum atomic E-state index is 9.97. The van der Waals surface area contributed by atoms with Crippen LogP contribution in [0.25, 0.3) is 21.8 Å². The van der Waals surface area contributed by atoms with Crippen molar-refractivity contribution in [3.63, 3.8) is 0 Å². The number of aromatic nitrogens is 2. The van der Waals surface area contributed by atoms with Gasteiger partial charge >= 0.3 is 0 Å². The molecule has 0 saturated carbocycles. The standard InChI is InChI=1S/C14H14N2O/c1-8(2)14-15-11-7-12(17)9-5-3-4-6-10(9)13(11)16-14/h3-8,17H,1-2H3,(H,15,16). The van der Waals surface area contributed by atoms with Crippen LogP contribution in [0.3, 0.4) is 0 Å².